The molecule has 2 aromatic rings. The lowest BCUT2D eigenvalue weighted by molar-refractivity contribution is -0.903. The van der Waals surface area contributed by atoms with Crippen molar-refractivity contribution in [2.75, 3.05) is 45.9 Å². The highest BCUT2D eigenvalue weighted by molar-refractivity contribution is 7.89. The number of sulfonamides is 1. The Balaban J connectivity index is 1.46. The molecule has 1 unspecified atom stereocenters. The van der Waals surface area contributed by atoms with Gasteiger partial charge in [-0.3, -0.25) is 19.9 Å². The third-order valence-corrected chi connectivity index (χ3v) is 9.44. The Labute approximate surface area is 244 Å². The molecular weight excluding hydrogens is 564 g/mol. The summed E-state index contributed by atoms with van der Waals surface area (Å²) in [4.78, 5) is 43.3. The van der Waals surface area contributed by atoms with E-state index < -0.39 is 38.7 Å². The highest BCUT2D eigenvalue weighted by Crippen LogP contribution is 2.41. The Morgan fingerprint density at radius 3 is 2.40 bits per heavy atom. The zero-order valence-corrected chi connectivity index (χ0v) is 24.6. The van der Waals surface area contributed by atoms with Crippen molar-refractivity contribution in [2.24, 2.45) is 10.9 Å². The number of aliphatic imine (C=N–C) groups is 1. The average molecular weight is 600 g/mol. The van der Waals surface area contributed by atoms with Crippen LogP contribution < -0.4 is 4.90 Å². The molecule has 42 heavy (non-hydrogen) atoms. The van der Waals surface area contributed by atoms with Gasteiger partial charge in [0.25, 0.3) is 5.69 Å². The zero-order chi connectivity index (χ0) is 30.4. The number of esters is 2. The predicted molar refractivity (Wildman–Crippen MR) is 153 cm³/mol. The second-order valence-electron chi connectivity index (χ2n) is 10.2. The predicted octanol–water partition coefficient (Wildman–Crippen LogP) is 1.74. The summed E-state index contributed by atoms with van der Waals surface area (Å²) in [6.07, 6.45) is 0. The van der Waals surface area contributed by atoms with Gasteiger partial charge < -0.3 is 14.4 Å². The van der Waals surface area contributed by atoms with E-state index >= 15 is 0 Å². The average Bonchev–Trinajstić information content (AvgIpc) is 2.97. The number of ether oxygens (including phenoxy) is 2. The van der Waals surface area contributed by atoms with Gasteiger partial charge in [0.2, 0.25) is 10.0 Å². The van der Waals surface area contributed by atoms with Crippen molar-refractivity contribution in [2.45, 2.75) is 31.6 Å². The summed E-state index contributed by atoms with van der Waals surface area (Å²) in [5.41, 5.74) is 1.18. The smallest absolute Gasteiger partial charge is 0.336 e. The van der Waals surface area contributed by atoms with Crippen molar-refractivity contribution >= 4 is 33.4 Å². The van der Waals surface area contributed by atoms with Crippen LogP contribution in [0.1, 0.15) is 32.3 Å². The molecule has 1 fully saturated rings. The van der Waals surface area contributed by atoms with Gasteiger partial charge in [0.15, 0.2) is 0 Å². The van der Waals surface area contributed by atoms with Crippen molar-refractivity contribution in [3.63, 3.8) is 0 Å². The highest BCUT2D eigenvalue weighted by atomic mass is 32.2. The van der Waals surface area contributed by atoms with Crippen molar-refractivity contribution in [3.05, 3.63) is 81.5 Å². The fourth-order valence-corrected chi connectivity index (χ4v) is 6.89. The maximum Gasteiger partial charge on any atom is 0.336 e. The zero-order valence-electron chi connectivity index (χ0n) is 23.8. The maximum atomic E-state index is 13.5. The Bertz CT molecular complexity index is 1500. The number of rotatable bonds is 10. The molecule has 2 aliphatic rings. The van der Waals surface area contributed by atoms with Crippen LogP contribution in [0.15, 0.2) is 75.8 Å². The first-order valence-corrected chi connectivity index (χ1v) is 15.2. The second kappa shape index (κ2) is 13.4. The summed E-state index contributed by atoms with van der Waals surface area (Å²) >= 11 is 0. The summed E-state index contributed by atoms with van der Waals surface area (Å²) in [6, 6.07) is 14.1. The Kier molecular flexibility index (Phi) is 9.86. The molecular formula is C29H35N4O8S+. The van der Waals surface area contributed by atoms with Crippen LogP contribution in [0.25, 0.3) is 0 Å². The van der Waals surface area contributed by atoms with E-state index in [0.29, 0.717) is 49.7 Å². The molecule has 0 aromatic heterocycles. The van der Waals surface area contributed by atoms with Crippen molar-refractivity contribution in [1.82, 2.24) is 4.31 Å². The van der Waals surface area contributed by atoms with Gasteiger partial charge in [-0.2, -0.15) is 4.31 Å². The lowest BCUT2D eigenvalue weighted by Gasteiger charge is -2.32. The van der Waals surface area contributed by atoms with Crippen molar-refractivity contribution < 1.29 is 37.3 Å². The van der Waals surface area contributed by atoms with Crippen LogP contribution in [0.2, 0.25) is 0 Å². The standard InChI is InChI=1S/C29H34N4O8S/c1-4-40-28(34)25-20(2)30-21(3)26(27(25)22-9-8-10-23(19-22)33(36)37)29(35)41-18-17-31-13-15-32(16-14-31)42(38,39)24-11-6-5-7-12-24/h5-12,19,25,27H,4,13-18H2,1-3H3/p+1/t25?,27-/m0/s1. The normalized spacial score (nSPS) is 20.1. The molecule has 12 nitrogen and oxygen atoms in total. The largest absolute Gasteiger partial charge is 0.465 e. The van der Waals surface area contributed by atoms with Crippen LogP contribution in [0.3, 0.4) is 0 Å². The molecule has 0 radical (unpaired) electrons. The second-order valence-corrected chi connectivity index (χ2v) is 12.1. The molecule has 0 amide bonds. The summed E-state index contributed by atoms with van der Waals surface area (Å²) in [5.74, 6) is -3.09. The van der Waals surface area contributed by atoms with E-state index in [0.717, 1.165) is 4.90 Å². The summed E-state index contributed by atoms with van der Waals surface area (Å²) in [5, 5.41) is 11.5. The minimum Gasteiger partial charge on any atom is -0.465 e. The molecule has 2 aromatic carbocycles. The summed E-state index contributed by atoms with van der Waals surface area (Å²) in [6.45, 7) is 7.41. The number of nitro groups is 1. The minimum atomic E-state index is -3.57. The number of allylic oxidation sites excluding steroid dienone is 1. The first kappa shape index (κ1) is 31.0. The van der Waals surface area contributed by atoms with E-state index in [1.807, 2.05) is 0 Å². The molecule has 1 N–H and O–H groups in total. The minimum absolute atomic E-state index is 0.0603. The molecule has 13 heteroatoms. The quantitative estimate of drug-likeness (QED) is 0.247. The number of nitrogens with one attached hydrogen (secondary N) is 1. The van der Waals surface area contributed by atoms with Crippen LogP contribution in [0, 0.1) is 16.0 Å². The molecule has 2 aliphatic heterocycles. The molecule has 2 atom stereocenters. The van der Waals surface area contributed by atoms with E-state index in [9.17, 15) is 28.1 Å². The number of non-ortho nitro benzene ring substituents is 1. The van der Waals surface area contributed by atoms with E-state index in [4.69, 9.17) is 9.47 Å². The number of quaternary nitrogens is 1. The number of benzene rings is 2. The van der Waals surface area contributed by atoms with Crippen molar-refractivity contribution in [1.29, 1.82) is 0 Å². The SMILES string of the molecule is CCOC(=O)C1C(C)=NC(C)=C(C(=O)OCC[NH+]2CCN(S(=O)(=O)c3ccccc3)CC2)[C@H]1c1cccc([N+](=O)[O-])c1. The summed E-state index contributed by atoms with van der Waals surface area (Å²) < 4.78 is 38.2. The lowest BCUT2D eigenvalue weighted by Crippen LogP contribution is -3.15. The number of nitrogens with zero attached hydrogens (tertiary/aromatic N) is 3. The third kappa shape index (κ3) is 6.75. The number of carbonyl (C=O) groups excluding carboxylic acids is 2. The van der Waals surface area contributed by atoms with E-state index in [-0.39, 0.29) is 29.4 Å². The molecule has 0 saturated carbocycles. The highest BCUT2D eigenvalue weighted by Gasteiger charge is 2.43. The van der Waals surface area contributed by atoms with Gasteiger partial charge in [-0.15, -0.1) is 0 Å². The van der Waals surface area contributed by atoms with Gasteiger partial charge in [0.1, 0.15) is 19.1 Å². The number of hydrogen-bond donors (Lipinski definition) is 1. The van der Waals surface area contributed by atoms with Crippen LogP contribution >= 0.6 is 0 Å². The number of carbonyl (C=O) groups is 2. The third-order valence-electron chi connectivity index (χ3n) is 7.53. The Hall–Kier alpha value is -3.94. The van der Waals surface area contributed by atoms with Gasteiger partial charge in [-0.1, -0.05) is 30.3 Å². The van der Waals surface area contributed by atoms with E-state index in [2.05, 4.69) is 4.99 Å². The van der Waals surface area contributed by atoms with E-state index in [1.165, 1.54) is 22.5 Å². The Morgan fingerprint density at radius 1 is 1.07 bits per heavy atom. The number of nitro benzene ring substituents is 1. The van der Waals surface area contributed by atoms with Crippen LogP contribution in [0.4, 0.5) is 5.69 Å². The van der Waals surface area contributed by atoms with Crippen molar-refractivity contribution in [3.8, 4) is 0 Å². The molecule has 0 bridgehead atoms. The van der Waals surface area contributed by atoms with Crippen LogP contribution in [-0.2, 0) is 29.1 Å². The van der Waals surface area contributed by atoms with Crippen LogP contribution in [-0.4, -0.2) is 81.2 Å². The Morgan fingerprint density at radius 2 is 1.76 bits per heavy atom. The fourth-order valence-electron chi connectivity index (χ4n) is 5.43. The molecule has 0 spiro atoms. The lowest BCUT2D eigenvalue weighted by atomic mass is 9.75. The van der Waals surface area contributed by atoms with Gasteiger partial charge in [-0.05, 0) is 38.5 Å². The topological polar surface area (TPSA) is 150 Å². The summed E-state index contributed by atoms with van der Waals surface area (Å²) in [7, 11) is -3.57. The van der Waals surface area contributed by atoms with Crippen LogP contribution in [0.5, 0.6) is 0 Å². The van der Waals surface area contributed by atoms with Gasteiger partial charge >= 0.3 is 11.9 Å². The number of hydrogen-bond acceptors (Lipinski definition) is 9. The molecule has 2 heterocycles. The fraction of sp³-hybridized carbons (Fsp3) is 0.414. The molecule has 224 valence electrons. The first-order chi connectivity index (χ1) is 20.0. The first-order valence-electron chi connectivity index (χ1n) is 13.8. The molecule has 0 aliphatic carbocycles. The van der Waals surface area contributed by atoms with Gasteiger partial charge in [-0.25, -0.2) is 13.2 Å². The molecule has 1 saturated heterocycles. The maximum absolute atomic E-state index is 13.5. The van der Waals surface area contributed by atoms with E-state index in [1.54, 1.807) is 57.2 Å². The monoisotopic (exact) mass is 599 g/mol. The number of piperazine rings is 1. The van der Waals surface area contributed by atoms with Gasteiger partial charge in [0.05, 0.1) is 48.2 Å². The molecule has 4 rings (SSSR count). The van der Waals surface area contributed by atoms with Gasteiger partial charge in [0, 0.05) is 29.5 Å².